The maximum Gasteiger partial charge on any atom is 0.133 e. The average Bonchev–Trinajstić information content (AvgIpc) is 2.74. The van der Waals surface area contributed by atoms with Crippen LogP contribution in [0.25, 0.3) is 0 Å². The maximum atomic E-state index is 5.85. The number of methoxy groups -OCH3 is 1. The van der Waals surface area contributed by atoms with Crippen LogP contribution in [0.1, 0.15) is 11.5 Å². The van der Waals surface area contributed by atoms with Crippen molar-refractivity contribution in [2.45, 2.75) is 13.5 Å². The standard InChI is InChI=1S/C12H15N3O2/c1-8-5-9(15-17-8)7-14-12-6-10(16-2)3-4-11(12)13/h3-6,14H,7,13H2,1-2H3. The fourth-order valence-corrected chi connectivity index (χ4v) is 1.50. The Hall–Kier alpha value is -2.17. The number of nitrogens with zero attached hydrogens (tertiary/aromatic N) is 1. The molecule has 0 aliphatic rings. The third kappa shape index (κ3) is 2.69. The number of nitrogens with two attached hydrogens (primary N) is 1. The first-order chi connectivity index (χ1) is 8.19. The molecule has 0 aliphatic carbocycles. The number of benzene rings is 1. The SMILES string of the molecule is COc1ccc(N)c(NCc2cc(C)on2)c1. The highest BCUT2D eigenvalue weighted by Crippen LogP contribution is 2.24. The van der Waals surface area contributed by atoms with Crippen molar-refractivity contribution in [1.82, 2.24) is 5.16 Å². The highest BCUT2D eigenvalue weighted by Gasteiger charge is 2.03. The number of ether oxygens (including phenoxy) is 1. The van der Waals surface area contributed by atoms with Crippen LogP contribution < -0.4 is 15.8 Å². The number of hydrogen-bond donors (Lipinski definition) is 2. The Morgan fingerprint density at radius 3 is 2.88 bits per heavy atom. The Balaban J connectivity index is 2.07. The van der Waals surface area contributed by atoms with Gasteiger partial charge in [0.15, 0.2) is 0 Å². The van der Waals surface area contributed by atoms with Gasteiger partial charge in [0, 0.05) is 12.1 Å². The molecule has 0 spiro atoms. The first-order valence-electron chi connectivity index (χ1n) is 5.28. The summed E-state index contributed by atoms with van der Waals surface area (Å²) in [7, 11) is 1.62. The lowest BCUT2D eigenvalue weighted by Gasteiger charge is -2.09. The van der Waals surface area contributed by atoms with Crippen molar-refractivity contribution in [3.63, 3.8) is 0 Å². The molecule has 0 saturated heterocycles. The first kappa shape index (κ1) is 11.3. The lowest BCUT2D eigenvalue weighted by Crippen LogP contribution is -2.03. The number of hydrogen-bond acceptors (Lipinski definition) is 5. The molecule has 0 amide bonds. The molecule has 1 heterocycles. The van der Waals surface area contributed by atoms with Crippen LogP contribution in [-0.2, 0) is 6.54 Å². The largest absolute Gasteiger partial charge is 0.497 e. The third-order valence-corrected chi connectivity index (χ3v) is 2.40. The van der Waals surface area contributed by atoms with Crippen LogP contribution in [0.15, 0.2) is 28.8 Å². The Morgan fingerprint density at radius 1 is 1.41 bits per heavy atom. The summed E-state index contributed by atoms with van der Waals surface area (Å²) in [6.07, 6.45) is 0. The molecule has 5 nitrogen and oxygen atoms in total. The first-order valence-corrected chi connectivity index (χ1v) is 5.28. The van der Waals surface area contributed by atoms with Crippen molar-refractivity contribution in [2.75, 3.05) is 18.2 Å². The fourth-order valence-electron chi connectivity index (χ4n) is 1.50. The summed E-state index contributed by atoms with van der Waals surface area (Å²) in [4.78, 5) is 0. The summed E-state index contributed by atoms with van der Waals surface area (Å²) in [6, 6.07) is 7.35. The second kappa shape index (κ2) is 4.78. The van der Waals surface area contributed by atoms with Gasteiger partial charge in [-0.3, -0.25) is 0 Å². The van der Waals surface area contributed by atoms with E-state index in [1.54, 1.807) is 13.2 Å². The van der Waals surface area contributed by atoms with Gasteiger partial charge < -0.3 is 20.3 Å². The Labute approximate surface area is 99.6 Å². The molecule has 2 rings (SSSR count). The zero-order valence-corrected chi connectivity index (χ0v) is 9.86. The zero-order valence-electron chi connectivity index (χ0n) is 9.86. The van der Waals surface area contributed by atoms with Gasteiger partial charge in [-0.25, -0.2) is 0 Å². The Bertz CT molecular complexity index is 508. The van der Waals surface area contributed by atoms with Crippen LogP contribution in [0.5, 0.6) is 5.75 Å². The predicted octanol–water partition coefficient (Wildman–Crippen LogP) is 2.19. The molecule has 0 bridgehead atoms. The minimum absolute atomic E-state index is 0.564. The highest BCUT2D eigenvalue weighted by molar-refractivity contribution is 5.68. The van der Waals surface area contributed by atoms with E-state index in [1.807, 2.05) is 25.1 Å². The predicted molar refractivity (Wildman–Crippen MR) is 66.0 cm³/mol. The normalized spacial score (nSPS) is 10.2. The van der Waals surface area contributed by atoms with E-state index in [1.165, 1.54) is 0 Å². The summed E-state index contributed by atoms with van der Waals surface area (Å²) < 4.78 is 10.1. The molecule has 0 unspecified atom stereocenters. The van der Waals surface area contributed by atoms with E-state index >= 15 is 0 Å². The van der Waals surface area contributed by atoms with Gasteiger partial charge in [0.25, 0.3) is 0 Å². The van der Waals surface area contributed by atoms with Crippen LogP contribution in [0.3, 0.4) is 0 Å². The molecular formula is C12H15N3O2. The zero-order chi connectivity index (χ0) is 12.3. The summed E-state index contributed by atoms with van der Waals surface area (Å²) >= 11 is 0. The number of nitrogen functional groups attached to an aromatic ring is 1. The number of aryl methyl sites for hydroxylation is 1. The van der Waals surface area contributed by atoms with Crippen LogP contribution in [0, 0.1) is 6.92 Å². The number of nitrogens with one attached hydrogen (secondary N) is 1. The van der Waals surface area contributed by atoms with Crippen molar-refractivity contribution >= 4 is 11.4 Å². The van der Waals surface area contributed by atoms with Crippen molar-refractivity contribution in [3.8, 4) is 5.75 Å². The van der Waals surface area contributed by atoms with Crippen LogP contribution in [-0.4, -0.2) is 12.3 Å². The van der Waals surface area contributed by atoms with Gasteiger partial charge >= 0.3 is 0 Å². The number of anilines is 2. The van der Waals surface area contributed by atoms with E-state index in [0.29, 0.717) is 12.2 Å². The smallest absolute Gasteiger partial charge is 0.133 e. The summed E-state index contributed by atoms with van der Waals surface area (Å²) in [5.41, 5.74) is 8.19. The van der Waals surface area contributed by atoms with Gasteiger partial charge in [-0.2, -0.15) is 0 Å². The second-order valence-corrected chi connectivity index (χ2v) is 3.74. The molecular weight excluding hydrogens is 218 g/mol. The molecule has 0 fully saturated rings. The Kier molecular flexibility index (Phi) is 3.18. The second-order valence-electron chi connectivity index (χ2n) is 3.74. The number of aromatic nitrogens is 1. The molecule has 90 valence electrons. The molecule has 1 aromatic carbocycles. The Morgan fingerprint density at radius 2 is 2.24 bits per heavy atom. The van der Waals surface area contributed by atoms with Crippen LogP contribution >= 0.6 is 0 Å². The van der Waals surface area contributed by atoms with Crippen LogP contribution in [0.2, 0.25) is 0 Å². The molecule has 3 N–H and O–H groups in total. The van der Waals surface area contributed by atoms with Gasteiger partial charge in [0.05, 0.1) is 25.0 Å². The quantitative estimate of drug-likeness (QED) is 0.792. The van der Waals surface area contributed by atoms with E-state index in [9.17, 15) is 0 Å². The third-order valence-electron chi connectivity index (χ3n) is 2.40. The number of rotatable bonds is 4. The van der Waals surface area contributed by atoms with Crippen molar-refractivity contribution < 1.29 is 9.26 Å². The van der Waals surface area contributed by atoms with E-state index in [2.05, 4.69) is 10.5 Å². The molecule has 5 heteroatoms. The minimum Gasteiger partial charge on any atom is -0.497 e. The highest BCUT2D eigenvalue weighted by atomic mass is 16.5. The lowest BCUT2D eigenvalue weighted by atomic mass is 10.2. The van der Waals surface area contributed by atoms with E-state index in [4.69, 9.17) is 15.0 Å². The topological polar surface area (TPSA) is 73.3 Å². The van der Waals surface area contributed by atoms with Gasteiger partial charge in [0.2, 0.25) is 0 Å². The van der Waals surface area contributed by atoms with Gasteiger partial charge in [0.1, 0.15) is 17.2 Å². The monoisotopic (exact) mass is 233 g/mol. The van der Waals surface area contributed by atoms with Gasteiger partial charge in [-0.1, -0.05) is 5.16 Å². The molecule has 0 aliphatic heterocycles. The fraction of sp³-hybridized carbons (Fsp3) is 0.250. The van der Waals surface area contributed by atoms with Crippen molar-refractivity contribution in [2.24, 2.45) is 0 Å². The van der Waals surface area contributed by atoms with Crippen molar-refractivity contribution in [3.05, 3.63) is 35.7 Å². The summed E-state index contributed by atoms with van der Waals surface area (Å²) in [5.74, 6) is 1.55. The van der Waals surface area contributed by atoms with Crippen molar-refractivity contribution in [1.29, 1.82) is 0 Å². The molecule has 2 aromatic rings. The van der Waals surface area contributed by atoms with Crippen LogP contribution in [0.4, 0.5) is 11.4 Å². The summed E-state index contributed by atoms with van der Waals surface area (Å²) in [5, 5.41) is 7.08. The molecule has 0 atom stereocenters. The minimum atomic E-state index is 0.564. The van der Waals surface area contributed by atoms with Gasteiger partial charge in [-0.05, 0) is 19.1 Å². The molecule has 0 saturated carbocycles. The van der Waals surface area contributed by atoms with E-state index in [-0.39, 0.29) is 0 Å². The van der Waals surface area contributed by atoms with Gasteiger partial charge in [-0.15, -0.1) is 0 Å². The maximum absolute atomic E-state index is 5.85. The molecule has 0 radical (unpaired) electrons. The van der Waals surface area contributed by atoms with E-state index in [0.717, 1.165) is 22.9 Å². The lowest BCUT2D eigenvalue weighted by molar-refractivity contribution is 0.391. The van der Waals surface area contributed by atoms with E-state index < -0.39 is 0 Å². The summed E-state index contributed by atoms with van der Waals surface area (Å²) in [6.45, 7) is 2.42. The molecule has 1 aromatic heterocycles. The average molecular weight is 233 g/mol. The molecule has 17 heavy (non-hydrogen) atoms.